The molecule has 148 valence electrons. The summed E-state index contributed by atoms with van der Waals surface area (Å²) in [5.41, 5.74) is 8.53. The number of anilines is 1. The van der Waals surface area contributed by atoms with Crippen molar-refractivity contribution in [2.75, 3.05) is 19.0 Å². The molecule has 0 unspecified atom stereocenters. The molecule has 1 atom stereocenters. The monoisotopic (exact) mass is 409 g/mol. The van der Waals surface area contributed by atoms with Gasteiger partial charge >= 0.3 is 0 Å². The van der Waals surface area contributed by atoms with Crippen molar-refractivity contribution < 1.29 is 19.1 Å². The van der Waals surface area contributed by atoms with Crippen LogP contribution in [0.15, 0.2) is 48.5 Å². The largest absolute Gasteiger partial charge is 0.493 e. The van der Waals surface area contributed by atoms with Crippen molar-refractivity contribution in [1.29, 1.82) is 0 Å². The number of rotatable bonds is 6. The first kappa shape index (κ1) is 18.9. The molecule has 0 fully saturated rings. The van der Waals surface area contributed by atoms with Crippen molar-refractivity contribution >= 4 is 29.0 Å². The van der Waals surface area contributed by atoms with E-state index in [-0.39, 0.29) is 18.4 Å². The van der Waals surface area contributed by atoms with Crippen LogP contribution in [0.25, 0.3) is 11.3 Å². The Morgan fingerprint density at radius 2 is 2.03 bits per heavy atom. The van der Waals surface area contributed by atoms with Crippen LogP contribution in [0.4, 0.5) is 5.69 Å². The second-order valence-electron chi connectivity index (χ2n) is 6.61. The molecule has 1 aliphatic heterocycles. The van der Waals surface area contributed by atoms with Crippen molar-refractivity contribution in [1.82, 2.24) is 4.37 Å². The molecule has 0 saturated heterocycles. The molecule has 0 bridgehead atoms. The average molecular weight is 409 g/mol. The molecule has 3 N–H and O–H groups in total. The number of primary amides is 1. The first-order chi connectivity index (χ1) is 14.1. The van der Waals surface area contributed by atoms with Crippen molar-refractivity contribution in [3.63, 3.8) is 0 Å². The number of fused-ring (bicyclic) bond motifs is 1. The van der Waals surface area contributed by atoms with Crippen LogP contribution in [0.3, 0.4) is 0 Å². The fourth-order valence-corrected chi connectivity index (χ4v) is 4.34. The van der Waals surface area contributed by atoms with Gasteiger partial charge < -0.3 is 20.5 Å². The number of ether oxygens (including phenoxy) is 2. The lowest BCUT2D eigenvalue weighted by Gasteiger charge is -2.23. The van der Waals surface area contributed by atoms with E-state index >= 15 is 0 Å². The standard InChI is InChI=1S/C21H19N3O4S/c1-27-15-8-7-13(9-16(15)28-11-17(22)25)14-10-18(26)23-20-19(24-29-21(14)20)12-5-3-2-4-6-12/h2-9,14H,10-11H2,1H3,(H2,22,25)(H,23,26)/t14-/m1/s1. The number of carbonyl (C=O) groups is 2. The molecule has 0 spiro atoms. The third kappa shape index (κ3) is 3.79. The van der Waals surface area contributed by atoms with Gasteiger partial charge in [-0.1, -0.05) is 36.4 Å². The van der Waals surface area contributed by atoms with Crippen LogP contribution in [-0.2, 0) is 9.59 Å². The highest BCUT2D eigenvalue weighted by atomic mass is 32.1. The molecule has 0 radical (unpaired) electrons. The van der Waals surface area contributed by atoms with Crippen LogP contribution >= 0.6 is 11.5 Å². The van der Waals surface area contributed by atoms with Gasteiger partial charge in [0.2, 0.25) is 5.91 Å². The zero-order valence-corrected chi connectivity index (χ0v) is 16.5. The average Bonchev–Trinajstić information content (AvgIpc) is 3.15. The third-order valence-corrected chi connectivity index (χ3v) is 5.66. The normalized spacial score (nSPS) is 15.3. The highest BCUT2D eigenvalue weighted by Gasteiger charge is 2.32. The van der Waals surface area contributed by atoms with E-state index < -0.39 is 5.91 Å². The smallest absolute Gasteiger partial charge is 0.255 e. The van der Waals surface area contributed by atoms with Gasteiger partial charge in [0, 0.05) is 17.9 Å². The number of benzene rings is 2. The van der Waals surface area contributed by atoms with Crippen LogP contribution in [0.5, 0.6) is 11.5 Å². The van der Waals surface area contributed by atoms with Crippen LogP contribution < -0.4 is 20.5 Å². The van der Waals surface area contributed by atoms with E-state index in [1.54, 1.807) is 12.1 Å². The summed E-state index contributed by atoms with van der Waals surface area (Å²) in [6.07, 6.45) is 0.297. The number of carbonyl (C=O) groups excluding carboxylic acids is 2. The molecule has 1 aliphatic rings. The van der Waals surface area contributed by atoms with Crippen LogP contribution in [0, 0.1) is 0 Å². The lowest BCUT2D eigenvalue weighted by atomic mass is 9.89. The summed E-state index contributed by atoms with van der Waals surface area (Å²) in [5, 5.41) is 2.98. The number of methoxy groups -OCH3 is 1. The van der Waals surface area contributed by atoms with Crippen LogP contribution in [-0.4, -0.2) is 29.9 Å². The minimum Gasteiger partial charge on any atom is -0.493 e. The van der Waals surface area contributed by atoms with Crippen LogP contribution in [0.2, 0.25) is 0 Å². The number of nitrogens with one attached hydrogen (secondary N) is 1. The van der Waals surface area contributed by atoms with Gasteiger partial charge in [0.1, 0.15) is 5.69 Å². The van der Waals surface area contributed by atoms with E-state index in [9.17, 15) is 9.59 Å². The molecular weight excluding hydrogens is 390 g/mol. The lowest BCUT2D eigenvalue weighted by molar-refractivity contribution is -0.120. The minimum absolute atomic E-state index is 0.0738. The van der Waals surface area contributed by atoms with Crippen molar-refractivity contribution in [3.8, 4) is 22.8 Å². The number of amides is 2. The molecule has 8 heteroatoms. The molecule has 4 rings (SSSR count). The maximum Gasteiger partial charge on any atom is 0.255 e. The number of nitrogens with two attached hydrogens (primary N) is 1. The summed E-state index contributed by atoms with van der Waals surface area (Å²) in [7, 11) is 1.52. The Labute approximate surface area is 171 Å². The number of aromatic nitrogens is 1. The minimum atomic E-state index is -0.577. The highest BCUT2D eigenvalue weighted by molar-refractivity contribution is 7.07. The molecule has 0 saturated carbocycles. The fraction of sp³-hybridized carbons (Fsp3) is 0.190. The molecular formula is C21H19N3O4S. The summed E-state index contributed by atoms with van der Waals surface area (Å²) in [6.45, 7) is -0.255. The van der Waals surface area contributed by atoms with Gasteiger partial charge in [-0.2, -0.15) is 4.37 Å². The molecule has 2 aromatic carbocycles. The summed E-state index contributed by atoms with van der Waals surface area (Å²) in [4.78, 5) is 24.5. The van der Waals surface area contributed by atoms with Gasteiger partial charge in [-0.3, -0.25) is 9.59 Å². The van der Waals surface area contributed by atoms with Gasteiger partial charge in [0.15, 0.2) is 18.1 Å². The Bertz CT molecular complexity index is 1070. The molecule has 3 aromatic rings. The van der Waals surface area contributed by atoms with Crippen molar-refractivity contribution in [3.05, 3.63) is 59.0 Å². The zero-order valence-electron chi connectivity index (χ0n) is 15.7. The fourth-order valence-electron chi connectivity index (χ4n) is 3.36. The Balaban J connectivity index is 1.74. The second kappa shape index (κ2) is 7.92. The van der Waals surface area contributed by atoms with E-state index in [4.69, 9.17) is 15.2 Å². The maximum absolute atomic E-state index is 12.5. The molecule has 2 amide bonds. The predicted octanol–water partition coefficient (Wildman–Crippen LogP) is 3.16. The quantitative estimate of drug-likeness (QED) is 0.651. The summed E-state index contributed by atoms with van der Waals surface area (Å²) >= 11 is 1.37. The van der Waals surface area contributed by atoms with E-state index in [2.05, 4.69) is 9.69 Å². The number of nitrogens with zero attached hydrogens (tertiary/aromatic N) is 1. The summed E-state index contributed by atoms with van der Waals surface area (Å²) in [6, 6.07) is 15.2. The SMILES string of the molecule is COc1ccc([C@H]2CC(=O)Nc3c(-c4ccccc4)nsc32)cc1OCC(N)=O. The summed E-state index contributed by atoms with van der Waals surface area (Å²) < 4.78 is 15.4. The molecule has 29 heavy (non-hydrogen) atoms. The molecule has 0 aliphatic carbocycles. The Hall–Kier alpha value is -3.39. The Morgan fingerprint density at radius 1 is 1.24 bits per heavy atom. The van der Waals surface area contributed by atoms with Crippen LogP contribution in [0.1, 0.15) is 22.8 Å². The third-order valence-electron chi connectivity index (χ3n) is 4.70. The van der Waals surface area contributed by atoms with Crippen molar-refractivity contribution in [2.45, 2.75) is 12.3 Å². The van der Waals surface area contributed by atoms with E-state index in [1.807, 2.05) is 36.4 Å². The Kier molecular flexibility index (Phi) is 5.18. The maximum atomic E-state index is 12.5. The lowest BCUT2D eigenvalue weighted by Crippen LogP contribution is -2.23. The van der Waals surface area contributed by atoms with Gasteiger partial charge in [-0.05, 0) is 29.2 Å². The molecule has 2 heterocycles. The first-order valence-electron chi connectivity index (χ1n) is 9.00. The highest BCUT2D eigenvalue weighted by Crippen LogP contribution is 2.45. The molecule has 1 aromatic heterocycles. The van der Waals surface area contributed by atoms with Gasteiger partial charge in [-0.15, -0.1) is 0 Å². The van der Waals surface area contributed by atoms with E-state index in [0.717, 1.165) is 27.4 Å². The van der Waals surface area contributed by atoms with Gasteiger partial charge in [0.25, 0.3) is 5.91 Å². The topological polar surface area (TPSA) is 104 Å². The first-order valence-corrected chi connectivity index (χ1v) is 9.78. The zero-order chi connectivity index (χ0) is 20.4. The van der Waals surface area contributed by atoms with Crippen molar-refractivity contribution in [2.24, 2.45) is 5.73 Å². The molecule has 7 nitrogen and oxygen atoms in total. The van der Waals surface area contributed by atoms with E-state index in [0.29, 0.717) is 17.9 Å². The Morgan fingerprint density at radius 3 is 2.76 bits per heavy atom. The number of hydrogen-bond acceptors (Lipinski definition) is 6. The van der Waals surface area contributed by atoms with Gasteiger partial charge in [-0.25, -0.2) is 0 Å². The second-order valence-corrected chi connectivity index (χ2v) is 7.41. The van der Waals surface area contributed by atoms with E-state index in [1.165, 1.54) is 18.6 Å². The summed E-state index contributed by atoms with van der Waals surface area (Å²) in [5.74, 6) is 0.0755. The van der Waals surface area contributed by atoms with Gasteiger partial charge in [0.05, 0.1) is 17.7 Å². The number of hydrogen-bond donors (Lipinski definition) is 2. The predicted molar refractivity (Wildman–Crippen MR) is 110 cm³/mol.